The van der Waals surface area contributed by atoms with E-state index in [9.17, 15) is 13.6 Å². The lowest BCUT2D eigenvalue weighted by atomic mass is 10.2. The Balaban J connectivity index is 2.99. The Hall–Kier alpha value is -1.61. The number of carbonyl (C=O) groups is 1. The lowest BCUT2D eigenvalue weighted by Gasteiger charge is -2.02. The Kier molecular flexibility index (Phi) is 3.63. The van der Waals surface area contributed by atoms with Gasteiger partial charge < -0.3 is 5.11 Å². The molecule has 0 bridgehead atoms. The van der Waals surface area contributed by atoms with Gasteiger partial charge in [-0.3, -0.25) is 4.79 Å². The third-order valence-corrected chi connectivity index (χ3v) is 2.54. The molecule has 78 valence electrons. The number of halogens is 2. The molecule has 0 amide bonds. The zero-order valence-corrected chi connectivity index (χ0v) is 8.15. The van der Waals surface area contributed by atoms with Crippen LogP contribution in [0.5, 0.6) is 0 Å². The molecular weight excluding hydrogens is 224 g/mol. The number of aliphatic carboxylic acids is 1. The summed E-state index contributed by atoms with van der Waals surface area (Å²) in [5.41, 5.74) is -0.135. The van der Waals surface area contributed by atoms with Crippen LogP contribution in [0, 0.1) is 23.0 Å². The molecule has 0 fully saturated rings. The highest BCUT2D eigenvalue weighted by molar-refractivity contribution is 8.00. The van der Waals surface area contributed by atoms with Gasteiger partial charge in [-0.05, 0) is 12.1 Å². The van der Waals surface area contributed by atoms with E-state index >= 15 is 0 Å². The Bertz CT molecular complexity index is 419. The van der Waals surface area contributed by atoms with Crippen molar-refractivity contribution in [3.8, 4) is 6.07 Å². The first-order valence-electron chi connectivity index (χ1n) is 3.78. The molecule has 0 saturated heterocycles. The van der Waals surface area contributed by atoms with E-state index < -0.39 is 23.4 Å². The molecule has 0 heterocycles. The van der Waals surface area contributed by atoms with Crippen molar-refractivity contribution in [2.24, 2.45) is 0 Å². The van der Waals surface area contributed by atoms with Crippen LogP contribution in [0.1, 0.15) is 5.56 Å². The van der Waals surface area contributed by atoms with Gasteiger partial charge in [-0.15, -0.1) is 11.8 Å². The van der Waals surface area contributed by atoms with E-state index in [1.54, 1.807) is 6.07 Å². The Morgan fingerprint density at radius 2 is 2.00 bits per heavy atom. The van der Waals surface area contributed by atoms with Gasteiger partial charge in [0, 0.05) is 0 Å². The molecule has 6 heteroatoms. The summed E-state index contributed by atoms with van der Waals surface area (Å²) in [7, 11) is 0. The summed E-state index contributed by atoms with van der Waals surface area (Å²) in [5.74, 6) is -3.43. The highest BCUT2D eigenvalue weighted by Gasteiger charge is 2.13. The number of carboxylic acids is 1. The van der Waals surface area contributed by atoms with E-state index in [4.69, 9.17) is 10.4 Å². The molecule has 0 aliphatic rings. The van der Waals surface area contributed by atoms with Crippen LogP contribution in [0.25, 0.3) is 0 Å². The predicted molar refractivity (Wildman–Crippen MR) is 49.4 cm³/mol. The van der Waals surface area contributed by atoms with E-state index in [0.29, 0.717) is 11.8 Å². The molecule has 0 saturated carbocycles. The fourth-order valence-corrected chi connectivity index (χ4v) is 1.56. The minimum atomic E-state index is -1.16. The first-order valence-corrected chi connectivity index (χ1v) is 4.77. The molecule has 0 aliphatic heterocycles. The van der Waals surface area contributed by atoms with E-state index in [-0.39, 0.29) is 10.5 Å². The quantitative estimate of drug-likeness (QED) is 0.805. The third kappa shape index (κ3) is 2.92. The van der Waals surface area contributed by atoms with Crippen LogP contribution in [-0.4, -0.2) is 16.8 Å². The number of benzene rings is 1. The SMILES string of the molecule is N#Cc1cc(F)c(SCC(=O)O)c(F)c1. The fraction of sp³-hybridized carbons (Fsp3) is 0.111. The van der Waals surface area contributed by atoms with Crippen molar-refractivity contribution < 1.29 is 18.7 Å². The van der Waals surface area contributed by atoms with Crippen LogP contribution >= 0.6 is 11.8 Å². The topological polar surface area (TPSA) is 61.1 Å². The Morgan fingerprint density at radius 1 is 1.47 bits per heavy atom. The minimum absolute atomic E-state index is 0.135. The number of hydrogen-bond acceptors (Lipinski definition) is 3. The summed E-state index contributed by atoms with van der Waals surface area (Å²) >= 11 is 0.542. The summed E-state index contributed by atoms with van der Waals surface area (Å²) in [5, 5.41) is 16.8. The highest BCUT2D eigenvalue weighted by atomic mass is 32.2. The van der Waals surface area contributed by atoms with Crippen molar-refractivity contribution in [3.63, 3.8) is 0 Å². The van der Waals surface area contributed by atoms with Crippen LogP contribution < -0.4 is 0 Å². The van der Waals surface area contributed by atoms with Gasteiger partial charge in [0.15, 0.2) is 0 Å². The summed E-state index contributed by atoms with van der Waals surface area (Å²) in [6.07, 6.45) is 0. The van der Waals surface area contributed by atoms with Crippen molar-refractivity contribution in [2.75, 3.05) is 5.75 Å². The largest absolute Gasteiger partial charge is 0.481 e. The molecule has 0 unspecified atom stereocenters. The Labute approximate surface area is 88.3 Å². The van der Waals surface area contributed by atoms with Crippen LogP contribution in [0.15, 0.2) is 17.0 Å². The number of nitrogens with zero attached hydrogens (tertiary/aromatic N) is 1. The lowest BCUT2D eigenvalue weighted by Crippen LogP contribution is -1.99. The molecular formula is C9H5F2NO2S. The molecule has 1 rings (SSSR count). The number of nitriles is 1. The maximum Gasteiger partial charge on any atom is 0.313 e. The molecule has 15 heavy (non-hydrogen) atoms. The second-order valence-corrected chi connectivity index (χ2v) is 3.55. The fourth-order valence-electron chi connectivity index (χ4n) is 0.896. The van der Waals surface area contributed by atoms with Gasteiger partial charge in [0.05, 0.1) is 22.3 Å². The molecule has 1 N–H and O–H groups in total. The molecule has 1 aromatic carbocycles. The number of carboxylic acid groups (broad SMARTS) is 1. The average Bonchev–Trinajstić information content (AvgIpc) is 2.15. The van der Waals surface area contributed by atoms with Crippen molar-refractivity contribution in [3.05, 3.63) is 29.3 Å². The Morgan fingerprint density at radius 3 is 2.40 bits per heavy atom. The summed E-state index contributed by atoms with van der Waals surface area (Å²) < 4.78 is 26.3. The van der Waals surface area contributed by atoms with E-state index in [0.717, 1.165) is 12.1 Å². The van der Waals surface area contributed by atoms with Gasteiger partial charge >= 0.3 is 5.97 Å². The number of rotatable bonds is 3. The van der Waals surface area contributed by atoms with Gasteiger partial charge in [0.1, 0.15) is 11.6 Å². The smallest absolute Gasteiger partial charge is 0.313 e. The standard InChI is InChI=1S/C9H5F2NO2S/c10-6-1-5(3-12)2-7(11)9(6)15-4-8(13)14/h1-2H,4H2,(H,13,14). The van der Waals surface area contributed by atoms with Gasteiger partial charge in [0.25, 0.3) is 0 Å². The number of hydrogen-bond donors (Lipinski definition) is 1. The lowest BCUT2D eigenvalue weighted by molar-refractivity contribution is -0.133. The van der Waals surface area contributed by atoms with Crippen LogP contribution in [-0.2, 0) is 4.79 Å². The summed E-state index contributed by atoms with van der Waals surface area (Å²) in [4.78, 5) is 9.82. The van der Waals surface area contributed by atoms with Gasteiger partial charge in [0.2, 0.25) is 0 Å². The van der Waals surface area contributed by atoms with E-state index in [2.05, 4.69) is 0 Å². The first kappa shape index (κ1) is 11.5. The molecule has 0 atom stereocenters. The van der Waals surface area contributed by atoms with Crippen molar-refractivity contribution in [1.29, 1.82) is 5.26 Å². The summed E-state index contributed by atoms with van der Waals surface area (Å²) in [6, 6.07) is 3.33. The van der Waals surface area contributed by atoms with Crippen molar-refractivity contribution >= 4 is 17.7 Å². The van der Waals surface area contributed by atoms with Crippen LogP contribution in [0.2, 0.25) is 0 Å². The average molecular weight is 229 g/mol. The molecule has 0 radical (unpaired) electrons. The van der Waals surface area contributed by atoms with Gasteiger partial charge in [-0.25, -0.2) is 8.78 Å². The highest BCUT2D eigenvalue weighted by Crippen LogP contribution is 2.25. The predicted octanol–water partition coefficient (Wildman–Crippen LogP) is 2.01. The third-order valence-electron chi connectivity index (χ3n) is 1.47. The molecule has 0 spiro atoms. The van der Waals surface area contributed by atoms with E-state index in [1.807, 2.05) is 0 Å². The minimum Gasteiger partial charge on any atom is -0.481 e. The monoisotopic (exact) mass is 229 g/mol. The molecule has 0 aliphatic carbocycles. The van der Waals surface area contributed by atoms with Gasteiger partial charge in [-0.1, -0.05) is 0 Å². The zero-order chi connectivity index (χ0) is 11.4. The second kappa shape index (κ2) is 4.75. The first-order chi connectivity index (χ1) is 7.04. The summed E-state index contributed by atoms with van der Waals surface area (Å²) in [6.45, 7) is 0. The second-order valence-electron chi connectivity index (χ2n) is 2.56. The number of thioether (sulfide) groups is 1. The van der Waals surface area contributed by atoms with Crippen LogP contribution in [0.3, 0.4) is 0 Å². The molecule has 0 aromatic heterocycles. The normalized spacial score (nSPS) is 9.67. The van der Waals surface area contributed by atoms with E-state index in [1.165, 1.54) is 0 Å². The van der Waals surface area contributed by atoms with Crippen LogP contribution in [0.4, 0.5) is 8.78 Å². The maximum atomic E-state index is 13.1. The molecule has 3 nitrogen and oxygen atoms in total. The zero-order valence-electron chi connectivity index (χ0n) is 7.33. The maximum absolute atomic E-state index is 13.1. The van der Waals surface area contributed by atoms with Gasteiger partial charge in [-0.2, -0.15) is 5.26 Å². The van der Waals surface area contributed by atoms with Crippen molar-refractivity contribution in [2.45, 2.75) is 4.90 Å². The molecule has 1 aromatic rings. The van der Waals surface area contributed by atoms with Crippen molar-refractivity contribution in [1.82, 2.24) is 0 Å².